The zero-order chi connectivity index (χ0) is 17.7. The van der Waals surface area contributed by atoms with Crippen molar-refractivity contribution in [3.63, 3.8) is 0 Å². The summed E-state index contributed by atoms with van der Waals surface area (Å²) < 4.78 is 0. The molecule has 2 rings (SSSR count). The minimum Gasteiger partial charge on any atom is -0.375 e. The van der Waals surface area contributed by atoms with E-state index < -0.39 is 5.60 Å². The number of carbonyl (C=O) groups is 2. The van der Waals surface area contributed by atoms with Gasteiger partial charge in [0.15, 0.2) is 5.60 Å². The molecule has 132 valence electrons. The Morgan fingerprint density at radius 1 is 1.17 bits per heavy atom. The number of rotatable bonds is 9. The number of unbranched alkanes of at least 4 members (excludes halogenated alkanes) is 5. The van der Waals surface area contributed by atoms with Crippen LogP contribution >= 0.6 is 0 Å². The second-order valence-electron chi connectivity index (χ2n) is 6.98. The van der Waals surface area contributed by atoms with E-state index in [0.29, 0.717) is 12.1 Å². The van der Waals surface area contributed by atoms with E-state index in [9.17, 15) is 14.7 Å². The molecule has 1 amide bonds. The maximum absolute atomic E-state index is 12.8. The number of carbonyl (C=O) groups excluding carboxylic acids is 2. The molecule has 1 atom stereocenters. The van der Waals surface area contributed by atoms with E-state index in [1.54, 1.807) is 4.90 Å². The Hall–Kier alpha value is -1.68. The quantitative estimate of drug-likeness (QED) is 0.699. The average molecular weight is 331 g/mol. The molecule has 4 heteroatoms. The van der Waals surface area contributed by atoms with Gasteiger partial charge in [-0.3, -0.25) is 9.59 Å². The molecule has 4 nitrogen and oxygen atoms in total. The van der Waals surface area contributed by atoms with Gasteiger partial charge in [-0.15, -0.1) is 0 Å². The summed E-state index contributed by atoms with van der Waals surface area (Å²) in [6.45, 7) is 6.13. The van der Waals surface area contributed by atoms with Crippen molar-refractivity contribution in [2.75, 3.05) is 11.4 Å². The largest absolute Gasteiger partial charge is 0.375 e. The predicted octanol–water partition coefficient (Wildman–Crippen LogP) is 3.87. The SMILES string of the molecule is CCCCCCCCN1C(=O)C(O)(CC(C)=O)c2cc(C)ccc21. The van der Waals surface area contributed by atoms with Crippen molar-refractivity contribution in [1.82, 2.24) is 0 Å². The van der Waals surface area contributed by atoms with Crippen molar-refractivity contribution in [2.24, 2.45) is 0 Å². The van der Waals surface area contributed by atoms with Gasteiger partial charge in [-0.25, -0.2) is 0 Å². The lowest BCUT2D eigenvalue weighted by Gasteiger charge is -2.22. The number of anilines is 1. The fourth-order valence-electron chi connectivity index (χ4n) is 3.47. The number of Topliss-reactive ketones (excluding diaryl/α,β-unsaturated/α-hetero) is 1. The summed E-state index contributed by atoms with van der Waals surface area (Å²) in [6.07, 6.45) is 6.71. The van der Waals surface area contributed by atoms with Crippen LogP contribution in [0.2, 0.25) is 0 Å². The van der Waals surface area contributed by atoms with Crippen LogP contribution in [0.4, 0.5) is 5.69 Å². The lowest BCUT2D eigenvalue weighted by Crippen LogP contribution is -2.41. The van der Waals surface area contributed by atoms with E-state index in [2.05, 4.69) is 6.92 Å². The van der Waals surface area contributed by atoms with Crippen LogP contribution in [-0.4, -0.2) is 23.3 Å². The molecule has 1 heterocycles. The molecule has 0 spiro atoms. The van der Waals surface area contributed by atoms with E-state index in [-0.39, 0.29) is 18.1 Å². The monoisotopic (exact) mass is 331 g/mol. The van der Waals surface area contributed by atoms with E-state index in [4.69, 9.17) is 0 Å². The first kappa shape index (κ1) is 18.7. The zero-order valence-electron chi connectivity index (χ0n) is 15.1. The highest BCUT2D eigenvalue weighted by atomic mass is 16.3. The Kier molecular flexibility index (Phi) is 6.16. The van der Waals surface area contributed by atoms with Gasteiger partial charge >= 0.3 is 0 Å². The van der Waals surface area contributed by atoms with E-state index in [1.807, 2.05) is 25.1 Å². The summed E-state index contributed by atoms with van der Waals surface area (Å²) in [6, 6.07) is 5.66. The maximum atomic E-state index is 12.8. The van der Waals surface area contributed by atoms with Gasteiger partial charge in [-0.05, 0) is 26.3 Å². The van der Waals surface area contributed by atoms with Crippen LogP contribution < -0.4 is 4.90 Å². The molecular weight excluding hydrogens is 302 g/mol. The third kappa shape index (κ3) is 3.86. The van der Waals surface area contributed by atoms with Gasteiger partial charge < -0.3 is 10.0 Å². The Labute approximate surface area is 144 Å². The minimum atomic E-state index is -1.70. The topological polar surface area (TPSA) is 57.6 Å². The molecule has 24 heavy (non-hydrogen) atoms. The fourth-order valence-corrected chi connectivity index (χ4v) is 3.47. The third-order valence-corrected chi connectivity index (χ3v) is 4.73. The van der Waals surface area contributed by atoms with Gasteiger partial charge in [-0.2, -0.15) is 0 Å². The number of amides is 1. The number of fused-ring (bicyclic) bond motifs is 1. The number of benzene rings is 1. The second kappa shape index (κ2) is 7.93. The molecule has 0 aliphatic carbocycles. The Bertz CT molecular complexity index is 611. The van der Waals surface area contributed by atoms with Gasteiger partial charge in [0.1, 0.15) is 5.78 Å². The zero-order valence-corrected chi connectivity index (χ0v) is 15.1. The summed E-state index contributed by atoms with van der Waals surface area (Å²) >= 11 is 0. The summed E-state index contributed by atoms with van der Waals surface area (Å²) in [5, 5.41) is 10.9. The summed E-state index contributed by atoms with van der Waals surface area (Å²) in [5.74, 6) is -0.536. The van der Waals surface area contributed by atoms with Gasteiger partial charge in [-0.1, -0.05) is 56.7 Å². The lowest BCUT2D eigenvalue weighted by atomic mass is 9.89. The molecule has 0 radical (unpaired) electrons. The molecule has 1 aliphatic rings. The number of hydrogen-bond acceptors (Lipinski definition) is 3. The number of hydrogen-bond donors (Lipinski definition) is 1. The Balaban J connectivity index is 2.13. The number of aryl methyl sites for hydroxylation is 1. The maximum Gasteiger partial charge on any atom is 0.264 e. The Morgan fingerprint density at radius 3 is 2.50 bits per heavy atom. The molecule has 0 bridgehead atoms. The van der Waals surface area contributed by atoms with Crippen molar-refractivity contribution < 1.29 is 14.7 Å². The van der Waals surface area contributed by atoms with Crippen LogP contribution in [0.25, 0.3) is 0 Å². The normalized spacial score (nSPS) is 19.7. The van der Waals surface area contributed by atoms with Crippen molar-refractivity contribution in [1.29, 1.82) is 0 Å². The van der Waals surface area contributed by atoms with E-state index in [0.717, 1.165) is 24.1 Å². The number of nitrogens with zero attached hydrogens (tertiary/aromatic N) is 1. The van der Waals surface area contributed by atoms with E-state index in [1.165, 1.54) is 32.6 Å². The molecular formula is C20H29NO3. The van der Waals surface area contributed by atoms with Gasteiger partial charge in [0.05, 0.1) is 5.69 Å². The van der Waals surface area contributed by atoms with Crippen LogP contribution in [0, 0.1) is 6.92 Å². The number of ketones is 1. The first-order valence-electron chi connectivity index (χ1n) is 9.05. The molecule has 0 aromatic heterocycles. The lowest BCUT2D eigenvalue weighted by molar-refractivity contribution is -0.141. The highest BCUT2D eigenvalue weighted by Crippen LogP contribution is 2.43. The van der Waals surface area contributed by atoms with Crippen molar-refractivity contribution in [3.05, 3.63) is 29.3 Å². The predicted molar refractivity (Wildman–Crippen MR) is 96.1 cm³/mol. The van der Waals surface area contributed by atoms with Gasteiger partial charge in [0.2, 0.25) is 0 Å². The van der Waals surface area contributed by atoms with Crippen molar-refractivity contribution >= 4 is 17.4 Å². The molecule has 0 saturated heterocycles. The van der Waals surface area contributed by atoms with Crippen LogP contribution in [0.5, 0.6) is 0 Å². The third-order valence-electron chi connectivity index (χ3n) is 4.73. The standard InChI is InChI=1S/C20H29NO3/c1-4-5-6-7-8-9-12-21-18-11-10-15(2)13-17(18)20(24,19(21)23)14-16(3)22/h10-11,13,24H,4-9,12,14H2,1-3H3. The number of aliphatic hydroxyl groups is 1. The molecule has 1 aliphatic heterocycles. The smallest absolute Gasteiger partial charge is 0.264 e. The first-order valence-corrected chi connectivity index (χ1v) is 9.05. The summed E-state index contributed by atoms with van der Waals surface area (Å²) in [5.41, 5.74) is 0.608. The van der Waals surface area contributed by atoms with Crippen LogP contribution in [-0.2, 0) is 15.2 Å². The molecule has 1 unspecified atom stereocenters. The summed E-state index contributed by atoms with van der Waals surface area (Å²) in [4.78, 5) is 26.1. The molecule has 0 saturated carbocycles. The van der Waals surface area contributed by atoms with Crippen LogP contribution in [0.3, 0.4) is 0 Å². The second-order valence-corrected chi connectivity index (χ2v) is 6.98. The van der Waals surface area contributed by atoms with Crippen LogP contribution in [0.15, 0.2) is 18.2 Å². The highest BCUT2D eigenvalue weighted by Gasteiger charge is 2.50. The van der Waals surface area contributed by atoms with Crippen molar-refractivity contribution in [2.45, 2.75) is 71.3 Å². The van der Waals surface area contributed by atoms with Crippen molar-refractivity contribution in [3.8, 4) is 0 Å². The summed E-state index contributed by atoms with van der Waals surface area (Å²) in [7, 11) is 0. The van der Waals surface area contributed by atoms with E-state index >= 15 is 0 Å². The minimum absolute atomic E-state index is 0.157. The van der Waals surface area contributed by atoms with Crippen LogP contribution in [0.1, 0.15) is 69.9 Å². The van der Waals surface area contributed by atoms with Gasteiger partial charge in [0, 0.05) is 18.5 Å². The molecule has 1 aromatic carbocycles. The molecule has 1 aromatic rings. The Morgan fingerprint density at radius 2 is 1.83 bits per heavy atom. The fraction of sp³-hybridized carbons (Fsp3) is 0.600. The van der Waals surface area contributed by atoms with Gasteiger partial charge in [0.25, 0.3) is 5.91 Å². The average Bonchev–Trinajstić information content (AvgIpc) is 2.71. The highest BCUT2D eigenvalue weighted by molar-refractivity contribution is 6.08. The molecule has 0 fully saturated rings. The first-order chi connectivity index (χ1) is 11.4. The molecule has 1 N–H and O–H groups in total.